The minimum Gasteiger partial charge on any atom is -0.490 e. The summed E-state index contributed by atoms with van der Waals surface area (Å²) in [6.45, 7) is 7.64. The van der Waals surface area contributed by atoms with Crippen molar-refractivity contribution in [1.29, 1.82) is 0 Å². The quantitative estimate of drug-likeness (QED) is 0.325. The summed E-state index contributed by atoms with van der Waals surface area (Å²) >= 11 is 6.89. The second kappa shape index (κ2) is 11.1. The molecule has 0 bridgehead atoms. The molecule has 0 fully saturated rings. The normalized spacial score (nSPS) is 13.2. The minimum absolute atomic E-state index is 0.00797. The predicted molar refractivity (Wildman–Crippen MR) is 138 cm³/mol. The molecule has 0 spiro atoms. The van der Waals surface area contributed by atoms with Crippen LogP contribution in [0.1, 0.15) is 51.4 Å². The summed E-state index contributed by atoms with van der Waals surface area (Å²) in [4.78, 5) is 29.2. The fraction of sp³-hybridized carbons (Fsp3) is 0.333. The third-order valence-corrected chi connectivity index (χ3v) is 6.39. The third-order valence-electron chi connectivity index (χ3n) is 5.21. The van der Waals surface area contributed by atoms with E-state index in [9.17, 15) is 9.59 Å². The lowest BCUT2D eigenvalue weighted by atomic mass is 10.1. The summed E-state index contributed by atoms with van der Waals surface area (Å²) in [5.41, 5.74) is 0.966. The maximum atomic E-state index is 13.3. The van der Waals surface area contributed by atoms with Crippen molar-refractivity contribution >= 4 is 54.9 Å². The summed E-state index contributed by atoms with van der Waals surface area (Å²) in [6, 6.07) is 8.70. The number of hydrogen-bond donors (Lipinski definition) is 1. The molecule has 180 valence electrons. The molecule has 3 aromatic rings. The Morgan fingerprint density at radius 2 is 1.94 bits per heavy atom. The fourth-order valence-corrected chi connectivity index (χ4v) is 3.94. The summed E-state index contributed by atoms with van der Waals surface area (Å²) in [7, 11) is 0. The largest absolute Gasteiger partial charge is 0.490 e. The summed E-state index contributed by atoms with van der Waals surface area (Å²) in [6.07, 6.45) is 1.27. The number of carboxylic acids is 1. The van der Waals surface area contributed by atoms with Gasteiger partial charge in [-0.3, -0.25) is 4.79 Å². The van der Waals surface area contributed by atoms with E-state index in [1.54, 1.807) is 18.2 Å². The van der Waals surface area contributed by atoms with Crippen LogP contribution in [-0.2, 0) is 4.79 Å². The number of aliphatic carboxylic acids is 1. The van der Waals surface area contributed by atoms with Gasteiger partial charge in [-0.25, -0.2) is 9.78 Å². The molecular weight excluding hydrogens is 570 g/mol. The van der Waals surface area contributed by atoms with Gasteiger partial charge < -0.3 is 14.6 Å². The monoisotopic (exact) mass is 593 g/mol. The lowest BCUT2D eigenvalue weighted by molar-refractivity contribution is -0.144. The summed E-state index contributed by atoms with van der Waals surface area (Å²) < 4.78 is 13.9. The topological polar surface area (TPSA) is 103 Å². The molecule has 0 aliphatic rings. The van der Waals surface area contributed by atoms with Gasteiger partial charge >= 0.3 is 5.97 Å². The average molecular weight is 595 g/mol. The van der Waals surface area contributed by atoms with Crippen molar-refractivity contribution in [2.24, 2.45) is 5.10 Å². The van der Waals surface area contributed by atoms with Crippen molar-refractivity contribution in [3.05, 3.63) is 61.0 Å². The van der Waals surface area contributed by atoms with Gasteiger partial charge in [0.05, 0.1) is 23.7 Å². The summed E-state index contributed by atoms with van der Waals surface area (Å²) in [5, 5.41) is 14.1. The van der Waals surface area contributed by atoms with Gasteiger partial charge in [-0.05, 0) is 66.5 Å². The number of halogens is 2. The van der Waals surface area contributed by atoms with E-state index >= 15 is 0 Å². The molecule has 0 aliphatic carbocycles. The van der Waals surface area contributed by atoms with Crippen molar-refractivity contribution in [3.8, 4) is 11.5 Å². The highest BCUT2D eigenvalue weighted by Crippen LogP contribution is 2.34. The number of carbonyl (C=O) groups is 1. The van der Waals surface area contributed by atoms with E-state index in [2.05, 4.69) is 37.0 Å². The Labute approximate surface area is 213 Å². The van der Waals surface area contributed by atoms with E-state index in [1.165, 1.54) is 17.8 Å². The number of nitrogens with zero attached hydrogens (tertiary/aromatic N) is 3. The Bertz CT molecular complexity index is 1310. The number of hydrogen-bond acceptors (Lipinski definition) is 6. The molecule has 2 aromatic carbocycles. The number of carboxylic acid groups (broad SMARTS) is 1. The number of rotatable bonds is 9. The first-order valence-electron chi connectivity index (χ1n) is 10.8. The Kier molecular flexibility index (Phi) is 8.48. The molecule has 8 nitrogen and oxygen atoms in total. The molecule has 0 radical (unpaired) electrons. The Morgan fingerprint density at radius 1 is 1.21 bits per heavy atom. The van der Waals surface area contributed by atoms with E-state index in [0.717, 1.165) is 10.9 Å². The van der Waals surface area contributed by atoms with Crippen molar-refractivity contribution in [2.75, 3.05) is 6.61 Å². The molecule has 0 amide bonds. The molecule has 1 N–H and O–H groups in total. The Hall–Kier alpha value is -2.72. The highest BCUT2D eigenvalue weighted by molar-refractivity contribution is 9.10. The minimum atomic E-state index is -1.09. The fourth-order valence-electron chi connectivity index (χ4n) is 3.15. The van der Waals surface area contributed by atoms with Gasteiger partial charge in [0.15, 0.2) is 17.6 Å². The van der Waals surface area contributed by atoms with Crippen molar-refractivity contribution in [2.45, 2.75) is 46.1 Å². The number of aromatic nitrogens is 2. The molecule has 0 saturated carbocycles. The van der Waals surface area contributed by atoms with E-state index in [-0.39, 0.29) is 17.2 Å². The van der Waals surface area contributed by atoms with E-state index < -0.39 is 12.1 Å². The van der Waals surface area contributed by atoms with Gasteiger partial charge in [-0.2, -0.15) is 9.78 Å². The first-order valence-corrected chi connectivity index (χ1v) is 12.4. The van der Waals surface area contributed by atoms with E-state index in [4.69, 9.17) is 19.6 Å². The standard InChI is InChI=1S/C24H25Br2N3O5/c1-5-13(3)22-28-19-8-7-16(25)10-17(19)23(30)29(22)27-12-15-9-20(33-6-2)21(11-18(15)26)34-14(4)24(31)32/h7-14H,5-6H2,1-4H3,(H,31,32)/t13-,14-/m0/s1. The molecule has 1 aromatic heterocycles. The third kappa shape index (κ3) is 5.67. The molecule has 0 unspecified atom stereocenters. The van der Waals surface area contributed by atoms with Gasteiger partial charge in [0.25, 0.3) is 5.56 Å². The highest BCUT2D eigenvalue weighted by Gasteiger charge is 2.18. The number of benzene rings is 2. The van der Waals surface area contributed by atoms with E-state index in [0.29, 0.717) is 39.1 Å². The zero-order chi connectivity index (χ0) is 25.0. The maximum absolute atomic E-state index is 13.3. The van der Waals surface area contributed by atoms with Gasteiger partial charge in [-0.1, -0.05) is 29.8 Å². The van der Waals surface area contributed by atoms with Crippen LogP contribution in [0.15, 0.2) is 49.2 Å². The van der Waals surface area contributed by atoms with E-state index in [1.807, 2.05) is 32.9 Å². The summed E-state index contributed by atoms with van der Waals surface area (Å²) in [5.74, 6) is 0.144. The second-order valence-electron chi connectivity index (χ2n) is 7.65. The lowest BCUT2D eigenvalue weighted by Gasteiger charge is -2.16. The molecule has 1 heterocycles. The Balaban J connectivity index is 2.11. The van der Waals surface area contributed by atoms with Gasteiger partial charge in [0.1, 0.15) is 5.82 Å². The molecule has 3 rings (SSSR count). The molecule has 0 saturated heterocycles. The van der Waals surface area contributed by atoms with Crippen LogP contribution in [0.3, 0.4) is 0 Å². The van der Waals surface area contributed by atoms with Gasteiger partial charge in [0.2, 0.25) is 0 Å². The predicted octanol–water partition coefficient (Wildman–Crippen LogP) is 5.57. The van der Waals surface area contributed by atoms with Crippen LogP contribution in [0.25, 0.3) is 10.9 Å². The van der Waals surface area contributed by atoms with Crippen LogP contribution in [0.5, 0.6) is 11.5 Å². The van der Waals surface area contributed by atoms with Crippen LogP contribution < -0.4 is 15.0 Å². The Morgan fingerprint density at radius 3 is 2.59 bits per heavy atom. The van der Waals surface area contributed by atoms with Crippen LogP contribution in [-0.4, -0.2) is 39.7 Å². The SMILES string of the molecule is CCOc1cc(C=Nn2c([C@@H](C)CC)nc3ccc(Br)cc3c2=O)c(Br)cc1O[C@@H](C)C(=O)O. The van der Waals surface area contributed by atoms with Crippen LogP contribution in [0.2, 0.25) is 0 Å². The van der Waals surface area contributed by atoms with Crippen LogP contribution in [0, 0.1) is 0 Å². The first kappa shape index (κ1) is 25.9. The second-order valence-corrected chi connectivity index (χ2v) is 9.42. The molecule has 0 aliphatic heterocycles. The maximum Gasteiger partial charge on any atom is 0.344 e. The zero-order valence-electron chi connectivity index (χ0n) is 19.2. The molecular formula is C24H25Br2N3O5. The van der Waals surface area contributed by atoms with Crippen LogP contribution in [0.4, 0.5) is 0 Å². The van der Waals surface area contributed by atoms with Gasteiger partial charge in [0, 0.05) is 20.4 Å². The number of fused-ring (bicyclic) bond motifs is 1. The lowest BCUT2D eigenvalue weighted by Crippen LogP contribution is -2.24. The smallest absolute Gasteiger partial charge is 0.344 e. The van der Waals surface area contributed by atoms with Crippen molar-refractivity contribution < 1.29 is 19.4 Å². The number of ether oxygens (including phenoxy) is 2. The zero-order valence-corrected chi connectivity index (χ0v) is 22.4. The highest BCUT2D eigenvalue weighted by atomic mass is 79.9. The molecule has 2 atom stereocenters. The first-order chi connectivity index (χ1) is 16.2. The van der Waals surface area contributed by atoms with Crippen molar-refractivity contribution in [3.63, 3.8) is 0 Å². The van der Waals surface area contributed by atoms with Gasteiger partial charge in [-0.15, -0.1) is 0 Å². The van der Waals surface area contributed by atoms with Crippen LogP contribution >= 0.6 is 31.9 Å². The molecule has 10 heteroatoms. The average Bonchev–Trinajstić information content (AvgIpc) is 2.80. The molecule has 34 heavy (non-hydrogen) atoms. The van der Waals surface area contributed by atoms with Crippen molar-refractivity contribution in [1.82, 2.24) is 9.66 Å².